The number of carbonyl (C=O) groups is 5. The minimum Gasteiger partial charge on any atom is -0.480 e. The number of carboxylic acid groups (broad SMARTS) is 2. The van der Waals surface area contributed by atoms with Crippen molar-refractivity contribution in [1.82, 2.24) is 14.9 Å². The number of hydrogen-bond donors (Lipinski definition) is 5. The fraction of sp³-hybridized carbons (Fsp3) is 0.381. The maximum atomic E-state index is 12.6. The Hall–Kier alpha value is -3.83. The smallest absolute Gasteiger partial charge is 0.404 e. The van der Waals surface area contributed by atoms with E-state index in [9.17, 15) is 44.3 Å². The third-order valence-electron chi connectivity index (χ3n) is 5.52. The third-order valence-corrected chi connectivity index (χ3v) is 7.83. The van der Waals surface area contributed by atoms with Crippen molar-refractivity contribution in [3.63, 3.8) is 0 Å². The molecule has 0 radical (unpaired) electrons. The monoisotopic (exact) mass is 569 g/mol. The number of nitro benzene ring substituents is 1. The Morgan fingerprint density at radius 2 is 2.00 bits per heavy atom. The Morgan fingerprint density at radius 3 is 2.63 bits per heavy atom. The van der Waals surface area contributed by atoms with Gasteiger partial charge in [-0.2, -0.15) is 0 Å². The van der Waals surface area contributed by atoms with Crippen LogP contribution in [0.4, 0.5) is 10.5 Å². The van der Waals surface area contributed by atoms with Crippen LogP contribution in [0.15, 0.2) is 40.4 Å². The number of benzene rings is 1. The van der Waals surface area contributed by atoms with Crippen molar-refractivity contribution in [3.8, 4) is 0 Å². The molecule has 38 heavy (non-hydrogen) atoms. The van der Waals surface area contributed by atoms with Gasteiger partial charge in [0.25, 0.3) is 11.6 Å². The number of ether oxygens (including phenoxy) is 1. The lowest BCUT2D eigenvalue weighted by atomic mass is 10.0. The van der Waals surface area contributed by atoms with Crippen LogP contribution in [0.1, 0.15) is 19.3 Å². The van der Waals surface area contributed by atoms with Gasteiger partial charge in [-0.05, 0) is 30.9 Å². The van der Waals surface area contributed by atoms with Crippen molar-refractivity contribution < 1.29 is 43.8 Å². The Kier molecular flexibility index (Phi) is 9.54. The zero-order valence-electron chi connectivity index (χ0n) is 19.5. The quantitative estimate of drug-likeness (QED) is 0.0951. The second-order valence-electron chi connectivity index (χ2n) is 8.05. The molecule has 3 rings (SSSR count). The summed E-state index contributed by atoms with van der Waals surface area (Å²) >= 11 is 1.99. The van der Waals surface area contributed by atoms with E-state index in [-0.39, 0.29) is 53.5 Å². The maximum Gasteiger partial charge on any atom is 0.404 e. The van der Waals surface area contributed by atoms with Crippen LogP contribution in [0.25, 0.3) is 0 Å². The van der Waals surface area contributed by atoms with Gasteiger partial charge in [-0.1, -0.05) is 12.1 Å². The van der Waals surface area contributed by atoms with Crippen LogP contribution in [-0.2, 0) is 23.9 Å². The largest absolute Gasteiger partial charge is 0.480 e. The SMILES string of the molecule is NC(=O)OCC1=C(C(=O)O)N2C(=O)[C@@H](NC(=O)CCC[C@@H](NSc3ccccc3[N+](=O)[O-])C(=O)O)[C@H]2SC1. The average molecular weight is 570 g/mol. The van der Waals surface area contributed by atoms with E-state index in [0.29, 0.717) is 0 Å². The Morgan fingerprint density at radius 1 is 1.29 bits per heavy atom. The molecule has 1 aromatic rings. The Labute approximate surface area is 223 Å². The first-order valence-corrected chi connectivity index (χ1v) is 12.9. The predicted molar refractivity (Wildman–Crippen MR) is 133 cm³/mol. The third kappa shape index (κ3) is 6.73. The van der Waals surface area contributed by atoms with Crippen LogP contribution in [-0.4, -0.2) is 79.7 Å². The van der Waals surface area contributed by atoms with Crippen LogP contribution >= 0.6 is 23.7 Å². The molecule has 0 saturated carbocycles. The number of para-hydroxylation sites is 1. The van der Waals surface area contributed by atoms with E-state index >= 15 is 0 Å². The van der Waals surface area contributed by atoms with Gasteiger partial charge in [0.05, 0.1) is 4.92 Å². The molecule has 0 unspecified atom stereocenters. The summed E-state index contributed by atoms with van der Waals surface area (Å²) in [5, 5.41) is 32.0. The summed E-state index contributed by atoms with van der Waals surface area (Å²) in [7, 11) is 0. The standard InChI is InChI=1S/C21H23N5O10S2/c22-21(33)36-8-10-9-37-18-15(17(28)25(18)16(10)20(31)32)23-14(27)7-3-4-11(19(29)30)24-38-13-6-2-1-5-12(13)26(34)35/h1-2,5-6,11,15,18,24H,3-4,7-9H2,(H2,22,33)(H,23,27)(H,29,30)(H,31,32)/t11-,15-,18-/m1/s1. The molecular weight excluding hydrogens is 546 g/mol. The second-order valence-corrected chi connectivity index (χ2v) is 10.0. The predicted octanol–water partition coefficient (Wildman–Crippen LogP) is 0.649. The average Bonchev–Trinajstić information content (AvgIpc) is 2.86. The molecule has 2 aliphatic heterocycles. The summed E-state index contributed by atoms with van der Waals surface area (Å²) in [5.41, 5.74) is 4.61. The number of β-lactam (4-membered cyclic amide) rings is 1. The number of rotatable bonds is 13. The molecule has 17 heteroatoms. The molecule has 3 amide bonds. The van der Waals surface area contributed by atoms with E-state index in [4.69, 9.17) is 5.73 Å². The van der Waals surface area contributed by atoms with Crippen LogP contribution in [0, 0.1) is 10.1 Å². The van der Waals surface area contributed by atoms with E-state index in [1.165, 1.54) is 30.0 Å². The fourth-order valence-corrected chi connectivity index (χ4v) is 5.94. The molecule has 0 aromatic heterocycles. The highest BCUT2D eigenvalue weighted by Crippen LogP contribution is 2.40. The van der Waals surface area contributed by atoms with Crippen LogP contribution in [0.2, 0.25) is 0 Å². The highest BCUT2D eigenvalue weighted by atomic mass is 32.2. The van der Waals surface area contributed by atoms with Crippen molar-refractivity contribution in [2.24, 2.45) is 5.73 Å². The summed E-state index contributed by atoms with van der Waals surface area (Å²) < 4.78 is 7.32. The summed E-state index contributed by atoms with van der Waals surface area (Å²) in [6.07, 6.45) is -1.05. The van der Waals surface area contributed by atoms with Gasteiger partial charge in [0.15, 0.2) is 0 Å². The lowest BCUT2D eigenvalue weighted by Crippen LogP contribution is -2.70. The first-order chi connectivity index (χ1) is 18.0. The van der Waals surface area contributed by atoms with E-state index in [1.54, 1.807) is 6.07 Å². The molecule has 204 valence electrons. The fourth-order valence-electron chi connectivity index (χ4n) is 3.73. The number of fused-ring (bicyclic) bond motifs is 1. The number of nitrogens with two attached hydrogens (primary N) is 1. The van der Waals surface area contributed by atoms with E-state index in [2.05, 4.69) is 14.8 Å². The van der Waals surface area contributed by atoms with E-state index in [0.717, 1.165) is 16.8 Å². The highest BCUT2D eigenvalue weighted by Gasteiger charge is 2.54. The molecule has 0 aliphatic carbocycles. The first-order valence-electron chi connectivity index (χ1n) is 11.0. The van der Waals surface area contributed by atoms with Gasteiger partial charge in [0.2, 0.25) is 5.91 Å². The van der Waals surface area contributed by atoms with Crippen molar-refractivity contribution in [2.75, 3.05) is 12.4 Å². The zero-order valence-corrected chi connectivity index (χ0v) is 21.2. The number of thioether (sulfide) groups is 1. The zero-order chi connectivity index (χ0) is 28.0. The normalized spacial score (nSPS) is 19.2. The number of primary amides is 1. The van der Waals surface area contributed by atoms with Gasteiger partial charge in [-0.15, -0.1) is 11.8 Å². The number of aliphatic carboxylic acids is 2. The van der Waals surface area contributed by atoms with E-state index < -0.39 is 52.2 Å². The summed E-state index contributed by atoms with van der Waals surface area (Å²) in [5.74, 6) is -3.62. The number of nitrogens with zero attached hydrogens (tertiary/aromatic N) is 2. The van der Waals surface area contributed by atoms with Gasteiger partial charge >= 0.3 is 18.0 Å². The highest BCUT2D eigenvalue weighted by molar-refractivity contribution is 8.00. The summed E-state index contributed by atoms with van der Waals surface area (Å²) in [4.78, 5) is 71.0. The molecule has 6 N–H and O–H groups in total. The molecule has 0 spiro atoms. The molecular formula is C21H23N5O10S2. The molecule has 3 atom stereocenters. The minimum atomic E-state index is -1.39. The van der Waals surface area contributed by atoms with Gasteiger partial charge < -0.3 is 26.0 Å². The number of nitro groups is 1. The van der Waals surface area contributed by atoms with Crippen molar-refractivity contribution in [3.05, 3.63) is 45.6 Å². The molecule has 2 aliphatic rings. The molecule has 1 fully saturated rings. The number of carbonyl (C=O) groups excluding carboxylic acids is 3. The van der Waals surface area contributed by atoms with Gasteiger partial charge in [-0.3, -0.25) is 29.4 Å². The molecule has 0 bridgehead atoms. The van der Waals surface area contributed by atoms with Crippen LogP contribution < -0.4 is 15.8 Å². The first kappa shape index (κ1) is 28.7. The molecule has 2 heterocycles. The van der Waals surface area contributed by atoms with Crippen molar-refractivity contribution >= 4 is 59.2 Å². The lowest BCUT2D eigenvalue weighted by Gasteiger charge is -2.49. The van der Waals surface area contributed by atoms with E-state index in [1.807, 2.05) is 0 Å². The van der Waals surface area contributed by atoms with Crippen LogP contribution in [0.5, 0.6) is 0 Å². The van der Waals surface area contributed by atoms with Crippen molar-refractivity contribution in [2.45, 2.75) is 41.6 Å². The summed E-state index contributed by atoms with van der Waals surface area (Å²) in [6, 6.07) is 3.76. The molecule has 1 saturated heterocycles. The molecule has 15 nitrogen and oxygen atoms in total. The van der Waals surface area contributed by atoms with Gasteiger partial charge in [0.1, 0.15) is 34.7 Å². The van der Waals surface area contributed by atoms with Gasteiger partial charge in [-0.25, -0.2) is 14.3 Å². The lowest BCUT2D eigenvalue weighted by molar-refractivity contribution is -0.387. The summed E-state index contributed by atoms with van der Waals surface area (Å²) in [6.45, 7) is -0.383. The maximum absolute atomic E-state index is 12.6. The Balaban J connectivity index is 1.51. The van der Waals surface area contributed by atoms with Crippen LogP contribution in [0.3, 0.4) is 0 Å². The topological polar surface area (TPSA) is 231 Å². The van der Waals surface area contributed by atoms with Crippen molar-refractivity contribution in [1.29, 1.82) is 0 Å². The minimum absolute atomic E-state index is 0.0222. The number of hydrogen-bond acceptors (Lipinski definition) is 11. The number of nitrogens with one attached hydrogen (secondary N) is 2. The number of carboxylic acids is 2. The number of amides is 3. The van der Waals surface area contributed by atoms with Gasteiger partial charge in [0, 0.05) is 23.8 Å². The molecule has 1 aromatic carbocycles. The second kappa shape index (κ2) is 12.6. The Bertz CT molecular complexity index is 1190.